The van der Waals surface area contributed by atoms with Gasteiger partial charge in [0.15, 0.2) is 0 Å². The quantitative estimate of drug-likeness (QED) is 0.193. The molecule has 76 valence electrons. The van der Waals surface area contributed by atoms with E-state index in [2.05, 4.69) is 3.63 Å². The molecule has 0 aromatic carbocycles. The molecule has 9 nitrogen and oxygen atoms in total. The van der Waals surface area contributed by atoms with Gasteiger partial charge in [-0.2, -0.15) is 8.42 Å². The van der Waals surface area contributed by atoms with Crippen LogP contribution in [0.3, 0.4) is 0 Å². The van der Waals surface area contributed by atoms with Crippen molar-refractivity contribution in [2.75, 3.05) is 0 Å². The van der Waals surface area contributed by atoms with Gasteiger partial charge in [0.2, 0.25) is 10.4 Å². The average Bonchev–Trinajstić information content (AvgIpc) is 1.52. The van der Waals surface area contributed by atoms with Crippen LogP contribution in [0.5, 0.6) is 0 Å². The molecule has 13 heavy (non-hydrogen) atoms. The van der Waals surface area contributed by atoms with E-state index >= 15 is 0 Å². The summed E-state index contributed by atoms with van der Waals surface area (Å²) in [5, 5.41) is 0. The van der Waals surface area contributed by atoms with E-state index in [1.165, 1.54) is 0 Å². The molecular formula is H3NaO9S3. The topological polar surface area (TPSA) is 161 Å². The van der Waals surface area contributed by atoms with E-state index in [9.17, 15) is 8.42 Å². The molecule has 0 heterocycles. The van der Waals surface area contributed by atoms with Gasteiger partial charge >= 0.3 is 52.3 Å². The van der Waals surface area contributed by atoms with Crippen molar-refractivity contribution in [2.24, 2.45) is 0 Å². The summed E-state index contributed by atoms with van der Waals surface area (Å²) >= 11 is -5.29. The summed E-state index contributed by atoms with van der Waals surface area (Å²) < 4.78 is 70.1. The van der Waals surface area contributed by atoms with Crippen molar-refractivity contribution in [3.8, 4) is 0 Å². The van der Waals surface area contributed by atoms with Gasteiger partial charge in [0, 0.05) is 0 Å². The van der Waals surface area contributed by atoms with Gasteiger partial charge in [-0.3, -0.25) is 13.7 Å². The summed E-state index contributed by atoms with van der Waals surface area (Å²) in [6, 6.07) is 0. The van der Waals surface area contributed by atoms with Crippen LogP contribution in [0.15, 0.2) is 0 Å². The van der Waals surface area contributed by atoms with E-state index in [0.717, 1.165) is 0 Å². The number of rotatable bonds is 2. The zero-order valence-electron chi connectivity index (χ0n) is 6.02. The van der Waals surface area contributed by atoms with E-state index in [1.54, 1.807) is 0 Å². The number of hydrogen-bond acceptors (Lipinski definition) is 6. The largest absolute Gasteiger partial charge is 1.00 e. The zero-order chi connectivity index (χ0) is 10.4. The van der Waals surface area contributed by atoms with Crippen molar-refractivity contribution in [1.82, 2.24) is 0 Å². The Hall–Kier alpha value is 1.05. The normalized spacial score (nSPS) is 14.5. The fraction of sp³-hybridized carbons (Fsp3) is 0. The summed E-state index contributed by atoms with van der Waals surface area (Å²) in [4.78, 5) is 0. The zero-order valence-corrected chi connectivity index (χ0v) is 10.5. The predicted octanol–water partition coefficient (Wildman–Crippen LogP) is -4.71. The fourth-order valence-corrected chi connectivity index (χ4v) is 0.448. The first-order chi connectivity index (χ1) is 5.13. The Balaban J connectivity index is -0.000000150. The maximum Gasteiger partial charge on any atom is 1.00 e. The average molecular weight is 266 g/mol. The van der Waals surface area contributed by atoms with Crippen LogP contribution >= 0.6 is 0 Å². The van der Waals surface area contributed by atoms with Crippen LogP contribution in [-0.4, -0.2) is 35.0 Å². The third-order valence-electron chi connectivity index (χ3n) is 0.116. The molecule has 0 fully saturated rings. The summed E-state index contributed by atoms with van der Waals surface area (Å²) in [5.41, 5.74) is 0. The van der Waals surface area contributed by atoms with E-state index in [0.29, 0.717) is 0 Å². The van der Waals surface area contributed by atoms with Crippen LogP contribution in [0.25, 0.3) is 0 Å². The minimum atomic E-state index is -4.92. The molecule has 0 spiro atoms. The van der Waals surface area contributed by atoms with Crippen molar-refractivity contribution in [3.05, 3.63) is 0 Å². The van der Waals surface area contributed by atoms with Crippen LogP contribution in [0.4, 0.5) is 0 Å². The van der Waals surface area contributed by atoms with E-state index < -0.39 is 33.1 Å². The molecule has 0 bridgehead atoms. The van der Waals surface area contributed by atoms with Crippen molar-refractivity contribution in [3.63, 3.8) is 0 Å². The third kappa shape index (κ3) is 62.5. The molecule has 0 aliphatic carbocycles. The van der Waals surface area contributed by atoms with Gasteiger partial charge in [-0.05, 0) is 0 Å². The van der Waals surface area contributed by atoms with E-state index in [1.807, 2.05) is 0 Å². The van der Waals surface area contributed by atoms with Crippen LogP contribution in [-0.2, 0) is 36.8 Å². The first kappa shape index (κ1) is 19.6. The minimum Gasteiger partial charge on any atom is -0.726 e. The molecule has 0 rings (SSSR count). The smallest absolute Gasteiger partial charge is 0.726 e. The Labute approximate surface area is 101 Å². The summed E-state index contributed by atoms with van der Waals surface area (Å²) in [6.45, 7) is 0. The molecule has 13 heteroatoms. The van der Waals surface area contributed by atoms with Gasteiger partial charge in [-0.15, -0.1) is 3.63 Å². The first-order valence-electron chi connectivity index (χ1n) is 1.71. The van der Waals surface area contributed by atoms with E-state index in [-0.39, 0.29) is 29.6 Å². The second-order valence-corrected chi connectivity index (χ2v) is 3.20. The van der Waals surface area contributed by atoms with Gasteiger partial charge in [-0.25, -0.2) is 8.42 Å². The van der Waals surface area contributed by atoms with Crippen molar-refractivity contribution in [2.45, 2.75) is 0 Å². The van der Waals surface area contributed by atoms with Crippen molar-refractivity contribution in [1.29, 1.82) is 0 Å². The van der Waals surface area contributed by atoms with Crippen molar-refractivity contribution < 1.29 is 68.2 Å². The summed E-state index contributed by atoms with van der Waals surface area (Å²) in [5.74, 6) is 0. The van der Waals surface area contributed by atoms with Crippen LogP contribution in [0, 0.1) is 0 Å². The predicted molar refractivity (Wildman–Crippen MR) is 35.0 cm³/mol. The second kappa shape index (κ2) is 9.60. The monoisotopic (exact) mass is 266 g/mol. The van der Waals surface area contributed by atoms with Crippen LogP contribution in [0.1, 0.15) is 0 Å². The fourth-order valence-electron chi connectivity index (χ4n) is 0.0498. The van der Waals surface area contributed by atoms with Gasteiger partial charge in [-0.1, -0.05) is 0 Å². The minimum absolute atomic E-state index is 0. The van der Waals surface area contributed by atoms with Crippen LogP contribution < -0.4 is 29.6 Å². The number of hydrogen-bond donors (Lipinski definition) is 3. The second-order valence-electron chi connectivity index (χ2n) is 0.930. The van der Waals surface area contributed by atoms with Crippen molar-refractivity contribution >= 4 is 33.1 Å². The van der Waals surface area contributed by atoms with Gasteiger partial charge < -0.3 is 4.55 Å². The molecule has 3 N–H and O–H groups in total. The van der Waals surface area contributed by atoms with E-state index in [4.69, 9.17) is 26.6 Å². The molecule has 0 aliphatic rings. The molecule has 0 radical (unpaired) electrons. The van der Waals surface area contributed by atoms with Crippen LogP contribution in [0.2, 0.25) is 0 Å². The molecule has 0 saturated heterocycles. The molecule has 0 aromatic rings. The molecule has 0 aliphatic heterocycles. The first-order valence-corrected chi connectivity index (χ1v) is 5.14. The molecular weight excluding hydrogens is 263 g/mol. The molecule has 0 atom stereocenters. The Morgan fingerprint density at radius 2 is 1.31 bits per heavy atom. The maximum atomic E-state index is 9.35. The molecule has 0 unspecified atom stereocenters. The van der Waals surface area contributed by atoms with Gasteiger partial charge in [0.25, 0.3) is 0 Å². The Bertz CT molecular complexity index is 230. The van der Waals surface area contributed by atoms with Gasteiger partial charge in [0.1, 0.15) is 0 Å². The Morgan fingerprint density at radius 3 is 1.31 bits per heavy atom. The summed E-state index contributed by atoms with van der Waals surface area (Å²) in [6.07, 6.45) is 0. The Kier molecular flexibility index (Phi) is 14.5. The standard InChI is InChI=1S/Na.H2O5S2.H2O4S/c;1-6(2)5-7(3)4;1-5(2,3)4/h;(H,1,2)(H,3,4);(H2,1,2,3,4)/q+1;;/p-1. The molecule has 0 amide bonds. The molecule has 0 saturated carbocycles. The molecule has 0 aromatic heterocycles. The Morgan fingerprint density at radius 1 is 1.15 bits per heavy atom. The van der Waals surface area contributed by atoms with Gasteiger partial charge in [0.05, 0.1) is 0 Å². The maximum absolute atomic E-state index is 9.35. The SMILES string of the molecule is O=S(=O)([O-])O.O=S(O)OS(=O)O.[Na+]. The third-order valence-corrected chi connectivity index (χ3v) is 1.05. The summed E-state index contributed by atoms with van der Waals surface area (Å²) in [7, 11) is -4.92.